The number of methoxy groups -OCH3 is 1. The molecule has 0 saturated carbocycles. The average Bonchev–Trinajstić information content (AvgIpc) is 2.33. The lowest BCUT2D eigenvalue weighted by Crippen LogP contribution is -2.40. The van der Waals surface area contributed by atoms with Gasteiger partial charge in [0.25, 0.3) is 0 Å². The second-order valence-electron chi connectivity index (χ2n) is 4.10. The van der Waals surface area contributed by atoms with Gasteiger partial charge in [0.1, 0.15) is 5.75 Å². The highest BCUT2D eigenvalue weighted by Gasteiger charge is 2.13. The van der Waals surface area contributed by atoms with Crippen LogP contribution in [0.2, 0.25) is 0 Å². The van der Waals surface area contributed by atoms with Crippen LogP contribution < -0.4 is 11.1 Å². The first-order valence-electron chi connectivity index (χ1n) is 5.92. The molecule has 0 aromatic heterocycles. The number of ether oxygens (including phenoxy) is 1. The SMILES string of the molecule is COCC(CCN)NC(=O)Cc1ccccc1O. The van der Waals surface area contributed by atoms with Gasteiger partial charge < -0.3 is 20.9 Å². The van der Waals surface area contributed by atoms with Gasteiger partial charge in [0.05, 0.1) is 19.1 Å². The Morgan fingerprint density at radius 3 is 2.83 bits per heavy atom. The van der Waals surface area contributed by atoms with E-state index in [0.717, 1.165) is 0 Å². The Morgan fingerprint density at radius 2 is 2.22 bits per heavy atom. The van der Waals surface area contributed by atoms with Crippen LogP contribution in [0.4, 0.5) is 0 Å². The topological polar surface area (TPSA) is 84.6 Å². The Hall–Kier alpha value is -1.59. The maximum Gasteiger partial charge on any atom is 0.224 e. The van der Waals surface area contributed by atoms with E-state index in [4.69, 9.17) is 10.5 Å². The molecule has 5 nitrogen and oxygen atoms in total. The van der Waals surface area contributed by atoms with Crippen molar-refractivity contribution >= 4 is 5.91 Å². The minimum atomic E-state index is -0.146. The number of hydrogen-bond donors (Lipinski definition) is 3. The molecule has 1 unspecified atom stereocenters. The largest absolute Gasteiger partial charge is 0.508 e. The fraction of sp³-hybridized carbons (Fsp3) is 0.462. The van der Waals surface area contributed by atoms with Gasteiger partial charge in [-0.15, -0.1) is 0 Å². The average molecular weight is 252 g/mol. The Balaban J connectivity index is 2.52. The fourth-order valence-corrected chi connectivity index (χ4v) is 1.71. The highest BCUT2D eigenvalue weighted by atomic mass is 16.5. The number of para-hydroxylation sites is 1. The fourth-order valence-electron chi connectivity index (χ4n) is 1.71. The van der Waals surface area contributed by atoms with E-state index in [1.54, 1.807) is 31.4 Å². The molecule has 0 heterocycles. The van der Waals surface area contributed by atoms with Crippen molar-refractivity contribution in [3.8, 4) is 5.75 Å². The molecule has 0 aliphatic carbocycles. The molecule has 0 bridgehead atoms. The summed E-state index contributed by atoms with van der Waals surface area (Å²) in [5.41, 5.74) is 6.08. The number of phenols is 1. The van der Waals surface area contributed by atoms with Crippen molar-refractivity contribution < 1.29 is 14.6 Å². The third-order valence-corrected chi connectivity index (χ3v) is 2.59. The van der Waals surface area contributed by atoms with E-state index in [9.17, 15) is 9.90 Å². The molecule has 1 aromatic carbocycles. The van der Waals surface area contributed by atoms with Crippen molar-refractivity contribution in [3.63, 3.8) is 0 Å². The lowest BCUT2D eigenvalue weighted by molar-refractivity contribution is -0.121. The number of carbonyl (C=O) groups excluding carboxylic acids is 1. The van der Waals surface area contributed by atoms with E-state index >= 15 is 0 Å². The van der Waals surface area contributed by atoms with Gasteiger partial charge in [-0.1, -0.05) is 18.2 Å². The first kappa shape index (κ1) is 14.5. The number of rotatable bonds is 7. The summed E-state index contributed by atoms with van der Waals surface area (Å²) >= 11 is 0. The molecule has 0 aliphatic rings. The third kappa shape index (κ3) is 4.73. The molecular formula is C13H20N2O3. The summed E-state index contributed by atoms with van der Waals surface area (Å²) in [4.78, 5) is 11.8. The normalized spacial score (nSPS) is 12.1. The van der Waals surface area contributed by atoms with E-state index in [1.807, 2.05) is 0 Å². The van der Waals surface area contributed by atoms with E-state index in [-0.39, 0.29) is 24.1 Å². The summed E-state index contributed by atoms with van der Waals surface area (Å²) in [6.45, 7) is 0.925. The Labute approximate surface area is 107 Å². The molecule has 0 fully saturated rings. The monoisotopic (exact) mass is 252 g/mol. The summed E-state index contributed by atoms with van der Waals surface area (Å²) in [6.07, 6.45) is 0.817. The predicted octanol–water partition coefficient (Wildman–Crippen LogP) is 0.415. The molecule has 4 N–H and O–H groups in total. The Bertz CT molecular complexity index is 376. The minimum absolute atomic E-state index is 0.0849. The summed E-state index contributed by atoms with van der Waals surface area (Å²) in [5, 5.41) is 12.4. The molecule has 1 rings (SSSR count). The van der Waals surface area contributed by atoms with Crippen LogP contribution in [-0.2, 0) is 16.0 Å². The van der Waals surface area contributed by atoms with Crippen molar-refractivity contribution in [1.82, 2.24) is 5.32 Å². The zero-order valence-corrected chi connectivity index (χ0v) is 10.6. The summed E-state index contributed by atoms with van der Waals surface area (Å²) in [7, 11) is 1.58. The van der Waals surface area contributed by atoms with Crippen LogP contribution in [-0.4, -0.2) is 37.3 Å². The first-order valence-corrected chi connectivity index (χ1v) is 5.92. The predicted molar refractivity (Wildman–Crippen MR) is 69.3 cm³/mol. The highest BCUT2D eigenvalue weighted by Crippen LogP contribution is 2.15. The molecule has 18 heavy (non-hydrogen) atoms. The highest BCUT2D eigenvalue weighted by molar-refractivity contribution is 5.79. The maximum absolute atomic E-state index is 11.8. The second kappa shape index (κ2) is 7.68. The van der Waals surface area contributed by atoms with Crippen molar-refractivity contribution in [2.75, 3.05) is 20.3 Å². The number of benzene rings is 1. The summed E-state index contributed by atoms with van der Waals surface area (Å²) in [6, 6.07) is 6.71. The van der Waals surface area contributed by atoms with Crippen molar-refractivity contribution in [2.45, 2.75) is 18.9 Å². The zero-order valence-electron chi connectivity index (χ0n) is 10.6. The molecule has 0 spiro atoms. The Kier molecular flexibility index (Phi) is 6.18. The lowest BCUT2D eigenvalue weighted by atomic mass is 10.1. The number of amides is 1. The van der Waals surface area contributed by atoms with Gasteiger partial charge in [-0.3, -0.25) is 4.79 Å². The molecule has 0 aliphatic heterocycles. The molecule has 100 valence electrons. The van der Waals surface area contributed by atoms with E-state index < -0.39 is 0 Å². The lowest BCUT2D eigenvalue weighted by Gasteiger charge is -2.17. The molecule has 0 radical (unpaired) electrons. The minimum Gasteiger partial charge on any atom is -0.508 e. The Morgan fingerprint density at radius 1 is 1.50 bits per heavy atom. The quantitative estimate of drug-likeness (QED) is 0.656. The number of phenolic OH excluding ortho intramolecular Hbond substituents is 1. The van der Waals surface area contributed by atoms with Gasteiger partial charge in [0.15, 0.2) is 0 Å². The number of nitrogens with two attached hydrogens (primary N) is 1. The third-order valence-electron chi connectivity index (χ3n) is 2.59. The second-order valence-corrected chi connectivity index (χ2v) is 4.10. The molecule has 1 amide bonds. The van der Waals surface area contributed by atoms with Crippen LogP contribution in [0.3, 0.4) is 0 Å². The number of aromatic hydroxyl groups is 1. The number of carbonyl (C=O) groups is 1. The van der Waals surface area contributed by atoms with Crippen LogP contribution in [0.1, 0.15) is 12.0 Å². The molecular weight excluding hydrogens is 232 g/mol. The van der Waals surface area contributed by atoms with Gasteiger partial charge >= 0.3 is 0 Å². The van der Waals surface area contributed by atoms with Crippen molar-refractivity contribution in [1.29, 1.82) is 0 Å². The molecule has 1 aromatic rings. The van der Waals surface area contributed by atoms with Gasteiger partial charge in [0, 0.05) is 12.7 Å². The van der Waals surface area contributed by atoms with Crippen LogP contribution in [0.25, 0.3) is 0 Å². The van der Waals surface area contributed by atoms with Gasteiger partial charge in [-0.2, -0.15) is 0 Å². The van der Waals surface area contributed by atoms with Gasteiger partial charge in [-0.05, 0) is 19.0 Å². The van der Waals surface area contributed by atoms with Gasteiger partial charge in [0.2, 0.25) is 5.91 Å². The van der Waals surface area contributed by atoms with Crippen LogP contribution in [0.15, 0.2) is 24.3 Å². The smallest absolute Gasteiger partial charge is 0.224 e. The molecule has 5 heteroatoms. The summed E-state index contributed by atoms with van der Waals surface area (Å²) < 4.78 is 5.01. The summed E-state index contributed by atoms with van der Waals surface area (Å²) in [5.74, 6) is -0.0123. The number of nitrogens with one attached hydrogen (secondary N) is 1. The van der Waals surface area contributed by atoms with Crippen LogP contribution >= 0.6 is 0 Å². The van der Waals surface area contributed by atoms with Crippen molar-refractivity contribution in [2.24, 2.45) is 5.73 Å². The van der Waals surface area contributed by atoms with Gasteiger partial charge in [-0.25, -0.2) is 0 Å². The number of hydrogen-bond acceptors (Lipinski definition) is 4. The zero-order chi connectivity index (χ0) is 13.4. The van der Waals surface area contributed by atoms with Crippen LogP contribution in [0.5, 0.6) is 5.75 Å². The van der Waals surface area contributed by atoms with E-state index in [1.165, 1.54) is 0 Å². The molecule has 1 atom stereocenters. The van der Waals surface area contributed by atoms with E-state index in [2.05, 4.69) is 5.32 Å². The van der Waals surface area contributed by atoms with E-state index in [0.29, 0.717) is 25.1 Å². The van der Waals surface area contributed by atoms with Crippen LogP contribution in [0, 0.1) is 0 Å². The standard InChI is InChI=1S/C13H20N2O3/c1-18-9-11(6-7-14)15-13(17)8-10-4-2-3-5-12(10)16/h2-5,11,16H,6-9,14H2,1H3,(H,15,17). The first-order chi connectivity index (χ1) is 8.67. The van der Waals surface area contributed by atoms with Crippen molar-refractivity contribution in [3.05, 3.63) is 29.8 Å². The maximum atomic E-state index is 11.8. The molecule has 0 saturated heterocycles.